The minimum atomic E-state index is -1.24. The lowest BCUT2D eigenvalue weighted by Gasteiger charge is -2.19. The van der Waals surface area contributed by atoms with Crippen molar-refractivity contribution < 1.29 is 18.7 Å². The van der Waals surface area contributed by atoms with Gasteiger partial charge in [0, 0.05) is 17.2 Å². The quantitative estimate of drug-likeness (QED) is 0.875. The summed E-state index contributed by atoms with van der Waals surface area (Å²) in [7, 11) is 0. The van der Waals surface area contributed by atoms with Gasteiger partial charge in [-0.15, -0.1) is 0 Å². The number of aryl methyl sites for hydroxylation is 4. The van der Waals surface area contributed by atoms with Crippen LogP contribution in [0.2, 0.25) is 0 Å². The van der Waals surface area contributed by atoms with Crippen molar-refractivity contribution in [3.63, 3.8) is 0 Å². The minimum Gasteiger partial charge on any atom is -0.481 e. The van der Waals surface area contributed by atoms with E-state index in [2.05, 4.69) is 0 Å². The van der Waals surface area contributed by atoms with E-state index in [9.17, 15) is 9.18 Å². The number of hydrogen-bond donors (Lipinski definition) is 2. The van der Waals surface area contributed by atoms with Crippen LogP contribution in [0.4, 0.5) is 8.78 Å². The number of carboxylic acid groups (broad SMARTS) is 1. The predicted octanol–water partition coefficient (Wildman–Crippen LogP) is 4.34. The molecule has 0 amide bonds. The zero-order valence-corrected chi connectivity index (χ0v) is 14.2. The van der Waals surface area contributed by atoms with Crippen molar-refractivity contribution in [3.05, 3.63) is 57.7 Å². The molecule has 2 aromatic rings. The van der Waals surface area contributed by atoms with Gasteiger partial charge in [-0.3, -0.25) is 4.79 Å². The maximum absolute atomic E-state index is 15.0. The van der Waals surface area contributed by atoms with Gasteiger partial charge in [0.2, 0.25) is 0 Å². The van der Waals surface area contributed by atoms with E-state index in [1.54, 1.807) is 0 Å². The molecule has 0 aliphatic rings. The Morgan fingerprint density at radius 2 is 1.58 bits per heavy atom. The van der Waals surface area contributed by atoms with Gasteiger partial charge in [0.05, 0.1) is 6.42 Å². The smallest absolute Gasteiger partial charge is 0.305 e. The van der Waals surface area contributed by atoms with Crippen LogP contribution < -0.4 is 5.73 Å². The summed E-state index contributed by atoms with van der Waals surface area (Å²) < 4.78 is 29.5. The fraction of sp³-hybridized carbons (Fsp3) is 0.316. The van der Waals surface area contributed by atoms with E-state index in [-0.39, 0.29) is 16.7 Å². The van der Waals surface area contributed by atoms with Gasteiger partial charge in [-0.05, 0) is 56.0 Å². The topological polar surface area (TPSA) is 63.3 Å². The first-order valence-electron chi connectivity index (χ1n) is 7.67. The van der Waals surface area contributed by atoms with Gasteiger partial charge in [0.1, 0.15) is 11.6 Å². The Kier molecular flexibility index (Phi) is 5.04. The van der Waals surface area contributed by atoms with Gasteiger partial charge in [-0.1, -0.05) is 17.7 Å². The maximum atomic E-state index is 15.0. The highest BCUT2D eigenvalue weighted by Crippen LogP contribution is 2.36. The zero-order chi connectivity index (χ0) is 18.2. The van der Waals surface area contributed by atoms with Crippen LogP contribution in [0.1, 0.15) is 40.3 Å². The molecule has 3 nitrogen and oxygen atoms in total. The molecule has 5 heteroatoms. The molecule has 0 fully saturated rings. The number of carbonyl (C=O) groups is 1. The highest BCUT2D eigenvalue weighted by atomic mass is 19.1. The molecule has 0 unspecified atom stereocenters. The largest absolute Gasteiger partial charge is 0.481 e. The third-order valence-corrected chi connectivity index (χ3v) is 4.13. The molecular formula is C19H21F2NO2. The van der Waals surface area contributed by atoms with Crippen LogP contribution in [0, 0.1) is 39.3 Å². The van der Waals surface area contributed by atoms with E-state index < -0.39 is 30.1 Å². The summed E-state index contributed by atoms with van der Waals surface area (Å²) in [6.07, 6.45) is -0.539. The third kappa shape index (κ3) is 3.31. The molecule has 0 aliphatic carbocycles. The second-order valence-electron chi connectivity index (χ2n) is 6.26. The summed E-state index contributed by atoms with van der Waals surface area (Å²) in [5.74, 6) is -2.78. The summed E-state index contributed by atoms with van der Waals surface area (Å²) >= 11 is 0. The highest BCUT2D eigenvalue weighted by molar-refractivity contribution is 5.74. The van der Waals surface area contributed by atoms with Gasteiger partial charge in [-0.25, -0.2) is 8.78 Å². The van der Waals surface area contributed by atoms with Gasteiger partial charge < -0.3 is 10.8 Å². The number of hydrogen-bond acceptors (Lipinski definition) is 2. The summed E-state index contributed by atoms with van der Waals surface area (Å²) in [5, 5.41) is 8.88. The Balaban J connectivity index is 2.74. The lowest BCUT2D eigenvalue weighted by atomic mass is 9.89. The molecule has 0 heterocycles. The number of benzene rings is 2. The Bertz CT molecular complexity index is 792. The van der Waals surface area contributed by atoms with Crippen LogP contribution in [0.15, 0.2) is 18.2 Å². The van der Waals surface area contributed by atoms with Crippen LogP contribution in [-0.2, 0) is 4.79 Å². The number of rotatable bonds is 4. The van der Waals surface area contributed by atoms with Crippen molar-refractivity contribution in [2.24, 2.45) is 5.73 Å². The van der Waals surface area contributed by atoms with E-state index in [1.165, 1.54) is 13.0 Å². The molecule has 1 atom stereocenters. The van der Waals surface area contributed by atoms with Crippen LogP contribution in [-0.4, -0.2) is 11.1 Å². The first-order chi connectivity index (χ1) is 11.1. The van der Waals surface area contributed by atoms with Crippen LogP contribution in [0.5, 0.6) is 0 Å². The first-order valence-corrected chi connectivity index (χ1v) is 7.67. The molecule has 3 N–H and O–H groups in total. The molecule has 0 aromatic heterocycles. The number of carboxylic acids is 1. The summed E-state index contributed by atoms with van der Waals surface area (Å²) in [4.78, 5) is 10.9. The molecule has 24 heavy (non-hydrogen) atoms. The van der Waals surface area contributed by atoms with Crippen molar-refractivity contribution in [2.75, 3.05) is 0 Å². The summed E-state index contributed by atoms with van der Waals surface area (Å²) in [5.41, 5.74) is 9.35. The van der Waals surface area contributed by atoms with Crippen molar-refractivity contribution in [3.8, 4) is 11.1 Å². The number of nitrogens with two attached hydrogens (primary N) is 1. The fourth-order valence-electron chi connectivity index (χ4n) is 3.20. The second-order valence-corrected chi connectivity index (χ2v) is 6.26. The van der Waals surface area contributed by atoms with Gasteiger partial charge in [0.25, 0.3) is 0 Å². The molecule has 0 saturated heterocycles. The molecule has 0 aliphatic heterocycles. The third-order valence-electron chi connectivity index (χ3n) is 4.13. The predicted molar refractivity (Wildman–Crippen MR) is 89.9 cm³/mol. The van der Waals surface area contributed by atoms with Crippen molar-refractivity contribution in [1.82, 2.24) is 0 Å². The maximum Gasteiger partial charge on any atom is 0.305 e. The molecule has 0 bridgehead atoms. The van der Waals surface area contributed by atoms with E-state index in [1.807, 2.05) is 32.9 Å². The van der Waals surface area contributed by atoms with E-state index in [0.717, 1.165) is 16.7 Å². The van der Waals surface area contributed by atoms with Crippen LogP contribution in [0.25, 0.3) is 11.1 Å². The molecule has 0 radical (unpaired) electrons. The molecule has 2 aromatic carbocycles. The van der Waals surface area contributed by atoms with Crippen molar-refractivity contribution >= 4 is 5.97 Å². The molecular weight excluding hydrogens is 312 g/mol. The molecule has 2 rings (SSSR count). The lowest BCUT2D eigenvalue weighted by Crippen LogP contribution is -2.19. The normalized spacial score (nSPS) is 12.3. The molecule has 0 saturated carbocycles. The van der Waals surface area contributed by atoms with Crippen molar-refractivity contribution in [1.29, 1.82) is 0 Å². The van der Waals surface area contributed by atoms with Crippen LogP contribution in [0.3, 0.4) is 0 Å². The number of aliphatic carboxylic acids is 1. The highest BCUT2D eigenvalue weighted by Gasteiger charge is 2.25. The fourth-order valence-corrected chi connectivity index (χ4v) is 3.20. The number of halogens is 2. The van der Waals surface area contributed by atoms with Gasteiger partial charge in [-0.2, -0.15) is 0 Å². The minimum absolute atomic E-state index is 0.238. The van der Waals surface area contributed by atoms with E-state index in [0.29, 0.717) is 5.56 Å². The summed E-state index contributed by atoms with van der Waals surface area (Å²) in [6.45, 7) is 7.20. The van der Waals surface area contributed by atoms with E-state index in [4.69, 9.17) is 10.8 Å². The summed E-state index contributed by atoms with van der Waals surface area (Å²) in [6, 6.07) is 4.06. The van der Waals surface area contributed by atoms with Crippen molar-refractivity contribution in [2.45, 2.75) is 40.2 Å². The monoisotopic (exact) mass is 333 g/mol. The average Bonchev–Trinajstić information content (AvgIpc) is 2.42. The lowest BCUT2D eigenvalue weighted by molar-refractivity contribution is -0.137. The zero-order valence-electron chi connectivity index (χ0n) is 14.2. The van der Waals surface area contributed by atoms with Gasteiger partial charge in [0.15, 0.2) is 0 Å². The Labute approximate surface area is 140 Å². The molecule has 0 spiro atoms. The van der Waals surface area contributed by atoms with Gasteiger partial charge >= 0.3 is 5.97 Å². The average molecular weight is 333 g/mol. The Morgan fingerprint density at radius 3 is 2.08 bits per heavy atom. The van der Waals surface area contributed by atoms with E-state index >= 15 is 4.39 Å². The first kappa shape index (κ1) is 18.1. The standard InChI is InChI=1S/C19H21F2NO2/c1-9-5-10(2)16(11(3)6-9)13-7-12(4)18(20)17(19(13)21)14(22)8-15(23)24/h5-7,14H,8,22H2,1-4H3,(H,23,24)/t14-/m0/s1. The molecule has 128 valence electrons. The Morgan fingerprint density at radius 1 is 1.04 bits per heavy atom. The second kappa shape index (κ2) is 6.69. The van der Waals surface area contributed by atoms with Crippen LogP contribution >= 0.6 is 0 Å². The Hall–Kier alpha value is -2.27. The SMILES string of the molecule is Cc1cc(C)c(-c2cc(C)c(F)c([C@@H](N)CC(=O)O)c2F)c(C)c1.